The molecule has 2 aromatic rings. The second-order valence-electron chi connectivity index (χ2n) is 6.80. The van der Waals surface area contributed by atoms with Crippen LogP contribution in [0.3, 0.4) is 0 Å². The van der Waals surface area contributed by atoms with E-state index >= 15 is 0 Å². The van der Waals surface area contributed by atoms with Crippen LogP contribution in [0.2, 0.25) is 0 Å². The molecule has 3 amide bonds. The molecule has 0 bridgehead atoms. The number of amides is 3. The number of imide groups is 1. The quantitative estimate of drug-likeness (QED) is 0.720. The molecule has 0 spiro atoms. The van der Waals surface area contributed by atoms with Crippen molar-refractivity contribution in [1.82, 2.24) is 25.4 Å². The Bertz CT molecular complexity index is 831. The number of nitrogens with zero attached hydrogens (tertiary/aromatic N) is 3. The van der Waals surface area contributed by atoms with Gasteiger partial charge in [-0.1, -0.05) is 24.6 Å². The summed E-state index contributed by atoms with van der Waals surface area (Å²) in [5.41, 5.74) is 0.899. The SMILES string of the molecule is COc1ccc(-c2nnc(S[C@@H](C)C(=O)NC(=O)NC3CCCC3)n2C)cc1. The van der Waals surface area contributed by atoms with Gasteiger partial charge in [0.25, 0.3) is 0 Å². The Balaban J connectivity index is 1.58. The minimum atomic E-state index is -0.485. The monoisotopic (exact) mass is 403 g/mol. The third-order valence-electron chi connectivity index (χ3n) is 4.76. The third-order valence-corrected chi connectivity index (χ3v) is 5.90. The van der Waals surface area contributed by atoms with Gasteiger partial charge in [-0.25, -0.2) is 4.79 Å². The van der Waals surface area contributed by atoms with E-state index in [0.717, 1.165) is 37.0 Å². The Hall–Kier alpha value is -2.55. The van der Waals surface area contributed by atoms with Gasteiger partial charge in [-0.05, 0) is 44.0 Å². The van der Waals surface area contributed by atoms with Crippen LogP contribution in [-0.4, -0.2) is 45.1 Å². The molecule has 3 rings (SSSR count). The molecule has 9 heteroatoms. The van der Waals surface area contributed by atoms with E-state index in [9.17, 15) is 9.59 Å². The van der Waals surface area contributed by atoms with E-state index in [4.69, 9.17) is 4.74 Å². The summed E-state index contributed by atoms with van der Waals surface area (Å²) in [5, 5.41) is 13.8. The molecule has 1 aromatic carbocycles. The number of urea groups is 1. The number of nitrogens with one attached hydrogen (secondary N) is 2. The van der Waals surface area contributed by atoms with Gasteiger partial charge in [0.15, 0.2) is 11.0 Å². The van der Waals surface area contributed by atoms with Crippen molar-refractivity contribution < 1.29 is 14.3 Å². The Morgan fingerprint density at radius 3 is 2.54 bits per heavy atom. The van der Waals surface area contributed by atoms with Gasteiger partial charge in [0.05, 0.1) is 12.4 Å². The van der Waals surface area contributed by atoms with Gasteiger partial charge in [0, 0.05) is 18.7 Å². The fourth-order valence-corrected chi connectivity index (χ4v) is 3.94. The summed E-state index contributed by atoms with van der Waals surface area (Å²) < 4.78 is 7.00. The highest BCUT2D eigenvalue weighted by Gasteiger charge is 2.23. The molecule has 150 valence electrons. The van der Waals surface area contributed by atoms with Gasteiger partial charge in [-0.15, -0.1) is 10.2 Å². The van der Waals surface area contributed by atoms with Crippen molar-refractivity contribution >= 4 is 23.7 Å². The van der Waals surface area contributed by atoms with E-state index in [0.29, 0.717) is 11.0 Å². The van der Waals surface area contributed by atoms with Crippen LogP contribution in [0.15, 0.2) is 29.4 Å². The molecular formula is C19H25N5O3S. The fraction of sp³-hybridized carbons (Fsp3) is 0.474. The largest absolute Gasteiger partial charge is 0.497 e. The lowest BCUT2D eigenvalue weighted by Gasteiger charge is -2.14. The van der Waals surface area contributed by atoms with Crippen LogP contribution < -0.4 is 15.4 Å². The Morgan fingerprint density at radius 1 is 1.21 bits per heavy atom. The van der Waals surface area contributed by atoms with Gasteiger partial charge in [-0.3, -0.25) is 10.1 Å². The number of hydrogen-bond acceptors (Lipinski definition) is 6. The molecule has 1 aromatic heterocycles. The molecule has 1 aliphatic carbocycles. The number of benzene rings is 1. The predicted molar refractivity (Wildman–Crippen MR) is 107 cm³/mol. The van der Waals surface area contributed by atoms with Crippen molar-refractivity contribution in [3.8, 4) is 17.1 Å². The summed E-state index contributed by atoms with van der Waals surface area (Å²) in [6.07, 6.45) is 4.18. The van der Waals surface area contributed by atoms with Gasteiger partial charge < -0.3 is 14.6 Å². The lowest BCUT2D eigenvalue weighted by molar-refractivity contribution is -0.119. The molecule has 8 nitrogen and oxygen atoms in total. The van der Waals surface area contributed by atoms with E-state index < -0.39 is 11.3 Å². The number of methoxy groups -OCH3 is 1. The molecule has 1 heterocycles. The normalized spacial score (nSPS) is 15.2. The Morgan fingerprint density at radius 2 is 1.89 bits per heavy atom. The van der Waals surface area contributed by atoms with Crippen LogP contribution in [0.25, 0.3) is 11.4 Å². The minimum absolute atomic E-state index is 0.168. The summed E-state index contributed by atoms with van der Waals surface area (Å²) >= 11 is 1.26. The molecule has 1 atom stereocenters. The lowest BCUT2D eigenvalue weighted by atomic mass is 10.2. The molecule has 0 unspecified atom stereocenters. The smallest absolute Gasteiger partial charge is 0.321 e. The van der Waals surface area contributed by atoms with Gasteiger partial charge in [0.2, 0.25) is 5.91 Å². The highest BCUT2D eigenvalue weighted by Crippen LogP contribution is 2.26. The molecule has 1 saturated carbocycles. The molecule has 0 aliphatic heterocycles. The van der Waals surface area contributed by atoms with Gasteiger partial charge in [-0.2, -0.15) is 0 Å². The van der Waals surface area contributed by atoms with E-state index in [1.54, 1.807) is 14.0 Å². The van der Waals surface area contributed by atoms with Crippen LogP contribution in [0, 0.1) is 0 Å². The number of thioether (sulfide) groups is 1. The standard InChI is InChI=1S/C19H25N5O3S/c1-12(17(25)21-18(26)20-14-6-4-5-7-14)28-19-23-22-16(24(19)2)13-8-10-15(27-3)11-9-13/h8-12,14H,4-7H2,1-3H3,(H2,20,21,25,26)/t12-/m0/s1. The molecule has 1 aliphatic rings. The predicted octanol–water partition coefficient (Wildman–Crippen LogP) is 2.74. The average Bonchev–Trinajstić information content (AvgIpc) is 3.32. The minimum Gasteiger partial charge on any atom is -0.497 e. The third kappa shape index (κ3) is 4.83. The van der Waals surface area contributed by atoms with Crippen molar-refractivity contribution in [3.63, 3.8) is 0 Å². The zero-order valence-corrected chi connectivity index (χ0v) is 17.1. The first-order valence-corrected chi connectivity index (χ1v) is 10.2. The fourth-order valence-electron chi connectivity index (χ4n) is 3.13. The first-order chi connectivity index (χ1) is 13.5. The average molecular weight is 404 g/mol. The van der Waals surface area contributed by atoms with E-state index in [2.05, 4.69) is 20.8 Å². The van der Waals surface area contributed by atoms with Gasteiger partial charge in [0.1, 0.15) is 5.75 Å². The summed E-state index contributed by atoms with van der Waals surface area (Å²) in [6.45, 7) is 1.74. The number of aromatic nitrogens is 3. The Kier molecular flexibility index (Phi) is 6.56. The number of rotatable bonds is 6. The first-order valence-electron chi connectivity index (χ1n) is 9.29. The van der Waals surface area contributed by atoms with Crippen molar-refractivity contribution in [2.24, 2.45) is 7.05 Å². The second-order valence-corrected chi connectivity index (χ2v) is 8.11. The molecule has 0 radical (unpaired) electrons. The van der Waals surface area contributed by atoms with Crippen LogP contribution >= 0.6 is 11.8 Å². The van der Waals surface area contributed by atoms with E-state index in [1.165, 1.54) is 11.8 Å². The lowest BCUT2D eigenvalue weighted by Crippen LogP contribution is -2.45. The van der Waals surface area contributed by atoms with Crippen LogP contribution in [-0.2, 0) is 11.8 Å². The summed E-state index contributed by atoms with van der Waals surface area (Å²) in [7, 11) is 3.46. The molecule has 2 N–H and O–H groups in total. The summed E-state index contributed by atoms with van der Waals surface area (Å²) in [4.78, 5) is 24.3. The summed E-state index contributed by atoms with van der Waals surface area (Å²) in [5.74, 6) is 1.10. The van der Waals surface area contributed by atoms with Crippen molar-refractivity contribution in [2.75, 3.05) is 7.11 Å². The topological polar surface area (TPSA) is 98.1 Å². The maximum absolute atomic E-state index is 12.3. The zero-order valence-electron chi connectivity index (χ0n) is 16.3. The molecule has 0 saturated heterocycles. The van der Waals surface area contributed by atoms with Crippen molar-refractivity contribution in [2.45, 2.75) is 49.1 Å². The second kappa shape index (κ2) is 9.09. The molecule has 1 fully saturated rings. The van der Waals surface area contributed by atoms with E-state index in [-0.39, 0.29) is 11.9 Å². The van der Waals surface area contributed by atoms with Crippen LogP contribution in [0.1, 0.15) is 32.6 Å². The maximum atomic E-state index is 12.3. The number of hydrogen-bond donors (Lipinski definition) is 2. The molecular weight excluding hydrogens is 378 g/mol. The van der Waals surface area contributed by atoms with Crippen LogP contribution in [0.4, 0.5) is 4.79 Å². The first kappa shape index (κ1) is 20.2. The number of carbonyl (C=O) groups excluding carboxylic acids is 2. The number of ether oxygens (including phenoxy) is 1. The highest BCUT2D eigenvalue weighted by atomic mass is 32.2. The van der Waals surface area contributed by atoms with Crippen LogP contribution in [0.5, 0.6) is 5.75 Å². The van der Waals surface area contributed by atoms with Crippen molar-refractivity contribution in [1.29, 1.82) is 0 Å². The Labute approximate surface area is 168 Å². The number of carbonyl (C=O) groups is 2. The highest BCUT2D eigenvalue weighted by molar-refractivity contribution is 8.00. The maximum Gasteiger partial charge on any atom is 0.321 e. The molecule has 28 heavy (non-hydrogen) atoms. The van der Waals surface area contributed by atoms with Gasteiger partial charge >= 0.3 is 6.03 Å². The van der Waals surface area contributed by atoms with E-state index in [1.807, 2.05) is 35.9 Å². The summed E-state index contributed by atoms with van der Waals surface area (Å²) in [6, 6.07) is 7.26. The zero-order chi connectivity index (χ0) is 20.1. The van der Waals surface area contributed by atoms with Crippen molar-refractivity contribution in [3.05, 3.63) is 24.3 Å².